The Morgan fingerprint density at radius 3 is 2.46 bits per heavy atom. The van der Waals surface area contributed by atoms with Crippen LogP contribution in [-0.2, 0) is 34.5 Å². The van der Waals surface area contributed by atoms with Gasteiger partial charge in [-0.15, -0.1) is 0 Å². The number of carbonyl (C=O) groups excluding carboxylic acids is 1. The fourth-order valence-corrected chi connectivity index (χ4v) is 5.82. The van der Waals surface area contributed by atoms with E-state index in [1.807, 2.05) is 6.07 Å². The van der Waals surface area contributed by atoms with E-state index in [-0.39, 0.29) is 65.3 Å². The van der Waals surface area contributed by atoms with E-state index in [1.54, 1.807) is 31.6 Å². The highest BCUT2D eigenvalue weighted by Crippen LogP contribution is 2.42. The van der Waals surface area contributed by atoms with E-state index in [0.29, 0.717) is 22.8 Å². The Kier molecular flexibility index (Phi) is 5.63. The smallest absolute Gasteiger partial charge is 0.227 e. The lowest BCUT2D eigenvalue weighted by Crippen LogP contribution is -2.44. The minimum absolute atomic E-state index is 0.0432. The molecule has 4 aromatic rings. The molecule has 8 nitrogen and oxygen atoms in total. The van der Waals surface area contributed by atoms with E-state index in [9.17, 15) is 27.8 Å². The minimum Gasteiger partial charge on any atom is -0.505 e. The van der Waals surface area contributed by atoms with Crippen molar-refractivity contribution in [3.05, 3.63) is 65.2 Å². The average molecular weight is 498 g/mol. The zero-order valence-corrected chi connectivity index (χ0v) is 19.8. The number of benzene rings is 2. The van der Waals surface area contributed by atoms with Crippen LogP contribution in [0, 0.1) is 5.82 Å². The maximum atomic E-state index is 13.3. The molecule has 1 fully saturated rings. The minimum atomic E-state index is -3.13. The Balaban J connectivity index is 1.60. The van der Waals surface area contributed by atoms with Gasteiger partial charge in [0.25, 0.3) is 0 Å². The third-order valence-corrected chi connectivity index (χ3v) is 8.16. The number of hydrogen-bond donors (Lipinski definition) is 2. The third-order valence-electron chi connectivity index (χ3n) is 6.55. The predicted octanol–water partition coefficient (Wildman–Crippen LogP) is 2.67. The van der Waals surface area contributed by atoms with Crippen LogP contribution in [0.25, 0.3) is 21.7 Å². The van der Waals surface area contributed by atoms with Crippen molar-refractivity contribution >= 4 is 37.4 Å². The molecule has 35 heavy (non-hydrogen) atoms. The number of rotatable bonds is 4. The summed E-state index contributed by atoms with van der Waals surface area (Å²) in [6.45, 7) is 0.267. The Bertz CT molecular complexity index is 1560. The van der Waals surface area contributed by atoms with Gasteiger partial charge in [-0.1, -0.05) is 12.1 Å². The zero-order chi connectivity index (χ0) is 24.9. The number of aryl methyl sites for hydroxylation is 1. The number of hydrogen-bond acceptors (Lipinski definition) is 6. The van der Waals surface area contributed by atoms with E-state index in [2.05, 4.69) is 4.98 Å². The first-order valence-electron chi connectivity index (χ1n) is 11.2. The van der Waals surface area contributed by atoms with Gasteiger partial charge >= 0.3 is 0 Å². The highest BCUT2D eigenvalue weighted by atomic mass is 32.2. The molecule has 2 N–H and O–H groups in total. The van der Waals surface area contributed by atoms with Crippen LogP contribution in [0.4, 0.5) is 4.39 Å². The van der Waals surface area contributed by atoms with Crippen molar-refractivity contribution in [1.29, 1.82) is 0 Å². The molecule has 1 saturated heterocycles. The number of nitrogens with zero attached hydrogens (tertiary/aromatic N) is 3. The van der Waals surface area contributed by atoms with Crippen LogP contribution < -0.4 is 0 Å². The Hall–Kier alpha value is -3.66. The predicted molar refractivity (Wildman–Crippen MR) is 130 cm³/mol. The number of aromatic nitrogens is 2. The van der Waals surface area contributed by atoms with E-state index >= 15 is 0 Å². The van der Waals surface area contributed by atoms with Gasteiger partial charge in [-0.2, -0.15) is 0 Å². The van der Waals surface area contributed by atoms with E-state index < -0.39 is 9.84 Å². The molecular weight excluding hydrogens is 473 g/mol. The van der Waals surface area contributed by atoms with Gasteiger partial charge < -0.3 is 19.7 Å². The lowest BCUT2D eigenvalue weighted by atomic mass is 9.96. The highest BCUT2D eigenvalue weighted by Gasteiger charge is 2.27. The summed E-state index contributed by atoms with van der Waals surface area (Å²) in [6.07, 6.45) is 3.69. The first-order chi connectivity index (χ1) is 16.6. The van der Waals surface area contributed by atoms with Crippen LogP contribution in [0.3, 0.4) is 0 Å². The zero-order valence-electron chi connectivity index (χ0n) is 19.0. The number of amides is 1. The second-order valence-electron chi connectivity index (χ2n) is 8.93. The molecule has 2 aromatic heterocycles. The molecule has 0 spiro atoms. The number of carbonyl (C=O) groups is 1. The molecule has 1 aliphatic rings. The Labute approximate surface area is 201 Å². The van der Waals surface area contributed by atoms with Gasteiger partial charge in [-0.3, -0.25) is 9.78 Å². The van der Waals surface area contributed by atoms with Gasteiger partial charge in [0, 0.05) is 43.3 Å². The summed E-state index contributed by atoms with van der Waals surface area (Å²) in [5.41, 5.74) is 2.53. The molecule has 5 rings (SSSR count). The topological polar surface area (TPSA) is 113 Å². The van der Waals surface area contributed by atoms with Crippen LogP contribution in [0.15, 0.2) is 42.7 Å². The number of phenols is 1. The number of sulfone groups is 1. The number of pyridine rings is 1. The summed E-state index contributed by atoms with van der Waals surface area (Å²) in [5.74, 6) is -1.02. The van der Waals surface area contributed by atoms with Crippen molar-refractivity contribution in [1.82, 2.24) is 14.5 Å². The SMILES string of the molecule is Cn1cc2c(CC(=O)N3CCS(=O)(=O)CC3)c3cc(Cc4ccc(F)cc4)cnc3c(O)c2c1O. The number of aromatic hydroxyl groups is 2. The molecular formula is C25H24FN3O5S. The first kappa shape index (κ1) is 23.1. The second kappa shape index (κ2) is 8.53. The van der Waals surface area contributed by atoms with Crippen LogP contribution in [0.5, 0.6) is 11.6 Å². The maximum absolute atomic E-state index is 13.3. The molecule has 0 unspecified atom stereocenters. The van der Waals surface area contributed by atoms with E-state index in [4.69, 9.17) is 0 Å². The molecule has 1 amide bonds. The number of fused-ring (bicyclic) bond motifs is 2. The van der Waals surface area contributed by atoms with Crippen molar-refractivity contribution in [2.45, 2.75) is 12.8 Å². The molecule has 10 heteroatoms. The van der Waals surface area contributed by atoms with Crippen molar-refractivity contribution in [2.24, 2.45) is 7.05 Å². The summed E-state index contributed by atoms with van der Waals surface area (Å²) in [7, 11) is -1.50. The monoisotopic (exact) mass is 497 g/mol. The molecule has 1 aliphatic heterocycles. The second-order valence-corrected chi connectivity index (χ2v) is 11.2. The van der Waals surface area contributed by atoms with Crippen molar-refractivity contribution in [3.63, 3.8) is 0 Å². The summed E-state index contributed by atoms with van der Waals surface area (Å²) in [4.78, 5) is 19.2. The van der Waals surface area contributed by atoms with Gasteiger partial charge in [0.15, 0.2) is 15.6 Å². The highest BCUT2D eigenvalue weighted by molar-refractivity contribution is 7.91. The molecule has 3 heterocycles. The quantitative estimate of drug-likeness (QED) is 0.448. The fourth-order valence-electron chi connectivity index (χ4n) is 4.62. The Morgan fingerprint density at radius 1 is 1.09 bits per heavy atom. The molecule has 0 atom stereocenters. The van der Waals surface area contributed by atoms with Gasteiger partial charge in [0.1, 0.15) is 11.3 Å². The van der Waals surface area contributed by atoms with Crippen molar-refractivity contribution in [2.75, 3.05) is 24.6 Å². The molecule has 0 bridgehead atoms. The van der Waals surface area contributed by atoms with Crippen LogP contribution in [-0.4, -0.2) is 63.6 Å². The lowest BCUT2D eigenvalue weighted by molar-refractivity contribution is -0.130. The van der Waals surface area contributed by atoms with Crippen LogP contribution in [0.2, 0.25) is 0 Å². The first-order valence-corrected chi connectivity index (χ1v) is 13.0. The Morgan fingerprint density at radius 2 is 1.77 bits per heavy atom. The van der Waals surface area contributed by atoms with Gasteiger partial charge in [-0.25, -0.2) is 12.8 Å². The summed E-state index contributed by atoms with van der Waals surface area (Å²) in [6, 6.07) is 7.98. The van der Waals surface area contributed by atoms with Crippen LogP contribution >= 0.6 is 0 Å². The van der Waals surface area contributed by atoms with Crippen molar-refractivity contribution in [3.8, 4) is 11.6 Å². The maximum Gasteiger partial charge on any atom is 0.227 e. The summed E-state index contributed by atoms with van der Waals surface area (Å²) in [5, 5.41) is 22.8. The molecule has 182 valence electrons. The molecule has 0 aliphatic carbocycles. The van der Waals surface area contributed by atoms with E-state index in [0.717, 1.165) is 11.1 Å². The number of halogens is 1. The van der Waals surface area contributed by atoms with Gasteiger partial charge in [0.05, 0.1) is 23.3 Å². The molecule has 2 aromatic carbocycles. The molecule has 0 radical (unpaired) electrons. The number of phenolic OH excluding ortho intramolecular Hbond substituents is 1. The van der Waals surface area contributed by atoms with Crippen LogP contribution in [0.1, 0.15) is 16.7 Å². The summed E-state index contributed by atoms with van der Waals surface area (Å²) >= 11 is 0. The van der Waals surface area contributed by atoms with E-state index in [1.165, 1.54) is 21.6 Å². The third kappa shape index (κ3) is 4.29. The summed E-state index contributed by atoms with van der Waals surface area (Å²) < 4.78 is 38.3. The van der Waals surface area contributed by atoms with Crippen molar-refractivity contribution < 1.29 is 27.8 Å². The lowest BCUT2D eigenvalue weighted by Gasteiger charge is -2.27. The van der Waals surface area contributed by atoms with Gasteiger partial charge in [-0.05, 0) is 41.3 Å². The van der Waals surface area contributed by atoms with Gasteiger partial charge in [0.2, 0.25) is 11.8 Å². The average Bonchev–Trinajstić information content (AvgIpc) is 3.12. The molecule has 0 saturated carbocycles. The standard InChI is InChI=1S/C25H24FN3O5S/c1-28-14-20-18(12-21(30)29-6-8-35(33,34)9-7-29)19-11-16(10-15-2-4-17(26)5-3-15)13-27-23(19)24(31)22(20)25(28)32/h2-5,11,13-14,31-32H,6-10,12H2,1H3. The fraction of sp³-hybridized carbons (Fsp3) is 0.280. The largest absolute Gasteiger partial charge is 0.505 e. The normalized spacial score (nSPS) is 15.7.